The van der Waals surface area contributed by atoms with Gasteiger partial charge < -0.3 is 19.6 Å². The molecule has 6 heteroatoms. The molecule has 3 aromatic rings. The van der Waals surface area contributed by atoms with E-state index in [0.717, 1.165) is 16.8 Å². The van der Waals surface area contributed by atoms with Gasteiger partial charge in [0.25, 0.3) is 11.7 Å². The summed E-state index contributed by atoms with van der Waals surface area (Å²) < 4.78 is 5.22. The molecule has 1 aliphatic rings. The fraction of sp³-hybridized carbons (Fsp3) is 0.185. The Morgan fingerprint density at radius 1 is 0.939 bits per heavy atom. The van der Waals surface area contributed by atoms with Crippen molar-refractivity contribution in [1.29, 1.82) is 0 Å². The molecular formula is C27H26N2O4. The number of carbonyl (C=O) groups is 2. The van der Waals surface area contributed by atoms with Crippen LogP contribution in [0.25, 0.3) is 5.76 Å². The third-order valence-corrected chi connectivity index (χ3v) is 5.82. The van der Waals surface area contributed by atoms with Crippen LogP contribution in [0.4, 0.5) is 5.69 Å². The summed E-state index contributed by atoms with van der Waals surface area (Å²) in [7, 11) is 5.48. The van der Waals surface area contributed by atoms with E-state index in [9.17, 15) is 14.7 Å². The average Bonchev–Trinajstić information content (AvgIpc) is 3.09. The fourth-order valence-corrected chi connectivity index (χ4v) is 4.02. The molecule has 0 spiro atoms. The van der Waals surface area contributed by atoms with Crippen molar-refractivity contribution in [3.8, 4) is 5.75 Å². The lowest BCUT2D eigenvalue weighted by molar-refractivity contribution is -0.140. The predicted octanol–water partition coefficient (Wildman–Crippen LogP) is 4.38. The van der Waals surface area contributed by atoms with Crippen LogP contribution < -0.4 is 9.64 Å². The van der Waals surface area contributed by atoms with Gasteiger partial charge in [0.05, 0.1) is 18.7 Å². The lowest BCUT2D eigenvalue weighted by atomic mass is 9.95. The van der Waals surface area contributed by atoms with Crippen molar-refractivity contribution in [3.05, 3.63) is 101 Å². The summed E-state index contributed by atoms with van der Waals surface area (Å²) in [6.45, 7) is 0.222. The average molecular weight is 443 g/mol. The highest BCUT2D eigenvalue weighted by molar-refractivity contribution is 6.46. The molecule has 1 heterocycles. The second kappa shape index (κ2) is 9.20. The zero-order valence-electron chi connectivity index (χ0n) is 18.9. The highest BCUT2D eigenvalue weighted by Crippen LogP contribution is 2.40. The summed E-state index contributed by atoms with van der Waals surface area (Å²) in [5.74, 6) is -0.787. The first-order valence-electron chi connectivity index (χ1n) is 10.6. The van der Waals surface area contributed by atoms with Gasteiger partial charge in [-0.1, -0.05) is 54.6 Å². The Morgan fingerprint density at radius 2 is 1.58 bits per heavy atom. The van der Waals surface area contributed by atoms with Gasteiger partial charge in [-0.3, -0.25) is 9.59 Å². The van der Waals surface area contributed by atoms with Crippen molar-refractivity contribution < 1.29 is 19.4 Å². The van der Waals surface area contributed by atoms with E-state index in [1.807, 2.05) is 73.6 Å². The van der Waals surface area contributed by atoms with E-state index in [0.29, 0.717) is 11.3 Å². The van der Waals surface area contributed by atoms with Gasteiger partial charge >= 0.3 is 0 Å². The first-order chi connectivity index (χ1) is 15.9. The van der Waals surface area contributed by atoms with Gasteiger partial charge in [-0.25, -0.2) is 0 Å². The van der Waals surface area contributed by atoms with Crippen molar-refractivity contribution in [2.24, 2.45) is 0 Å². The SMILES string of the molecule is COc1ccc(CN2C(=O)C(=O)/C(=C(\O)c3ccccc3)C2c2ccc(N(C)C)cc2)cc1. The van der Waals surface area contributed by atoms with Crippen LogP contribution in [-0.2, 0) is 16.1 Å². The van der Waals surface area contributed by atoms with Crippen molar-refractivity contribution in [2.45, 2.75) is 12.6 Å². The number of anilines is 1. The molecule has 0 aliphatic carbocycles. The quantitative estimate of drug-likeness (QED) is 0.349. The Morgan fingerprint density at radius 3 is 2.15 bits per heavy atom. The van der Waals surface area contributed by atoms with Gasteiger partial charge in [0.1, 0.15) is 11.5 Å². The van der Waals surface area contributed by atoms with Crippen LogP contribution >= 0.6 is 0 Å². The standard InChI is InChI=1S/C27H26N2O4/c1-28(2)21-13-11-19(12-14-21)24-23(25(30)20-7-5-4-6-8-20)26(31)27(32)29(24)17-18-9-15-22(33-3)16-10-18/h4-16,24,30H,17H2,1-3H3/b25-23-. The summed E-state index contributed by atoms with van der Waals surface area (Å²) in [6.07, 6.45) is 0. The third kappa shape index (κ3) is 4.32. The van der Waals surface area contributed by atoms with E-state index >= 15 is 0 Å². The Bertz CT molecular complexity index is 1180. The topological polar surface area (TPSA) is 70.1 Å². The number of nitrogens with zero attached hydrogens (tertiary/aromatic N) is 2. The molecule has 1 atom stereocenters. The van der Waals surface area contributed by atoms with Crippen LogP contribution in [0.3, 0.4) is 0 Å². The Balaban J connectivity index is 1.81. The largest absolute Gasteiger partial charge is 0.507 e. The molecule has 1 aliphatic heterocycles. The minimum absolute atomic E-state index is 0.0947. The van der Waals surface area contributed by atoms with Crippen LogP contribution in [0.5, 0.6) is 5.75 Å². The summed E-state index contributed by atoms with van der Waals surface area (Å²) in [5, 5.41) is 11.1. The van der Waals surface area contributed by atoms with Gasteiger partial charge in [-0.2, -0.15) is 0 Å². The zero-order chi connectivity index (χ0) is 23.5. The second-order valence-corrected chi connectivity index (χ2v) is 8.13. The molecule has 168 valence electrons. The number of benzene rings is 3. The Hall–Kier alpha value is -4.06. The number of rotatable bonds is 6. The molecule has 1 fully saturated rings. The molecule has 0 aromatic heterocycles. The van der Waals surface area contributed by atoms with E-state index < -0.39 is 17.7 Å². The molecular weight excluding hydrogens is 416 g/mol. The molecule has 1 saturated heterocycles. The minimum atomic E-state index is -0.705. The maximum Gasteiger partial charge on any atom is 0.295 e. The Kier molecular flexibility index (Phi) is 6.18. The van der Waals surface area contributed by atoms with Crippen LogP contribution in [-0.4, -0.2) is 42.9 Å². The Labute approximate surface area is 193 Å². The number of aliphatic hydroxyl groups is 1. The van der Waals surface area contributed by atoms with Crippen molar-refractivity contribution >= 4 is 23.1 Å². The van der Waals surface area contributed by atoms with E-state index in [4.69, 9.17) is 4.74 Å². The highest BCUT2D eigenvalue weighted by atomic mass is 16.5. The molecule has 4 rings (SSSR count). The molecule has 3 aromatic carbocycles. The van der Waals surface area contributed by atoms with Crippen LogP contribution in [0, 0.1) is 0 Å². The molecule has 0 saturated carbocycles. The predicted molar refractivity (Wildman–Crippen MR) is 128 cm³/mol. The zero-order valence-corrected chi connectivity index (χ0v) is 18.9. The van der Waals surface area contributed by atoms with Gasteiger partial charge in [-0.15, -0.1) is 0 Å². The van der Waals surface area contributed by atoms with E-state index in [-0.39, 0.29) is 17.9 Å². The van der Waals surface area contributed by atoms with Crippen LogP contribution in [0.1, 0.15) is 22.7 Å². The lowest BCUT2D eigenvalue weighted by Crippen LogP contribution is -2.29. The summed E-state index contributed by atoms with van der Waals surface area (Å²) >= 11 is 0. The number of carbonyl (C=O) groups excluding carboxylic acids is 2. The first-order valence-corrected chi connectivity index (χ1v) is 10.6. The minimum Gasteiger partial charge on any atom is -0.507 e. The highest BCUT2D eigenvalue weighted by Gasteiger charge is 2.46. The van der Waals surface area contributed by atoms with Gasteiger partial charge in [0.2, 0.25) is 0 Å². The third-order valence-electron chi connectivity index (χ3n) is 5.82. The number of ketones is 1. The smallest absolute Gasteiger partial charge is 0.295 e. The molecule has 1 amide bonds. The molecule has 1 N–H and O–H groups in total. The fourth-order valence-electron chi connectivity index (χ4n) is 4.02. The van der Waals surface area contributed by atoms with Crippen LogP contribution in [0.15, 0.2) is 84.4 Å². The lowest BCUT2D eigenvalue weighted by Gasteiger charge is -2.26. The van der Waals surface area contributed by atoms with Gasteiger partial charge in [0.15, 0.2) is 0 Å². The number of aliphatic hydroxyl groups excluding tert-OH is 1. The van der Waals surface area contributed by atoms with Crippen molar-refractivity contribution in [1.82, 2.24) is 4.90 Å². The molecule has 0 radical (unpaired) electrons. The summed E-state index contributed by atoms with van der Waals surface area (Å²) in [6, 6.07) is 23.1. The normalized spacial score (nSPS) is 17.3. The van der Waals surface area contributed by atoms with E-state index in [2.05, 4.69) is 0 Å². The van der Waals surface area contributed by atoms with Crippen molar-refractivity contribution in [3.63, 3.8) is 0 Å². The molecule has 1 unspecified atom stereocenters. The number of methoxy groups -OCH3 is 1. The second-order valence-electron chi connectivity index (χ2n) is 8.13. The number of likely N-dealkylation sites (tertiary alicyclic amines) is 1. The number of ether oxygens (including phenoxy) is 1. The van der Waals surface area contributed by atoms with Gasteiger partial charge in [0, 0.05) is 31.9 Å². The van der Waals surface area contributed by atoms with Crippen molar-refractivity contribution in [2.75, 3.05) is 26.1 Å². The maximum atomic E-state index is 13.1. The number of amides is 1. The molecule has 33 heavy (non-hydrogen) atoms. The molecule has 0 bridgehead atoms. The summed E-state index contributed by atoms with van der Waals surface area (Å²) in [4.78, 5) is 29.8. The first kappa shape index (κ1) is 22.1. The number of Topliss-reactive ketones (excluding diaryl/α,β-unsaturated/α-hetero) is 1. The van der Waals surface area contributed by atoms with Crippen LogP contribution in [0.2, 0.25) is 0 Å². The van der Waals surface area contributed by atoms with E-state index in [1.54, 1.807) is 31.4 Å². The molecule has 6 nitrogen and oxygen atoms in total. The van der Waals surface area contributed by atoms with E-state index in [1.165, 1.54) is 4.90 Å². The van der Waals surface area contributed by atoms with Gasteiger partial charge in [-0.05, 0) is 35.4 Å². The monoisotopic (exact) mass is 442 g/mol. The maximum absolute atomic E-state index is 13.1. The number of hydrogen-bond donors (Lipinski definition) is 1. The number of hydrogen-bond acceptors (Lipinski definition) is 5. The summed E-state index contributed by atoms with van der Waals surface area (Å²) in [5.41, 5.74) is 3.19.